The molecule has 0 aromatic heterocycles. The lowest BCUT2D eigenvalue weighted by Crippen LogP contribution is -2.47. The van der Waals surface area contributed by atoms with Gasteiger partial charge in [-0.15, -0.1) is 0 Å². The zero-order valence-electron chi connectivity index (χ0n) is 17.5. The molecule has 2 aliphatic rings. The number of carbonyl (C=O) groups is 2. The molecule has 2 aromatic carbocycles. The molecule has 0 radical (unpaired) electrons. The van der Waals surface area contributed by atoms with Crippen LogP contribution in [-0.2, 0) is 16.1 Å². The highest BCUT2D eigenvalue weighted by Crippen LogP contribution is 2.36. The fourth-order valence-corrected chi connectivity index (χ4v) is 4.69. The summed E-state index contributed by atoms with van der Waals surface area (Å²) in [6.07, 6.45) is 0.706. The van der Waals surface area contributed by atoms with Crippen molar-refractivity contribution in [3.8, 4) is 0 Å². The maximum Gasteiger partial charge on any atom is 0.277 e. The first-order valence-corrected chi connectivity index (χ1v) is 11.3. The summed E-state index contributed by atoms with van der Waals surface area (Å²) in [6, 6.07) is 15.4. The van der Waals surface area contributed by atoms with Gasteiger partial charge in [0, 0.05) is 49.9 Å². The van der Waals surface area contributed by atoms with Crippen molar-refractivity contribution in [2.24, 2.45) is 0 Å². The number of nitrogens with zero attached hydrogens (tertiary/aromatic N) is 3. The van der Waals surface area contributed by atoms with Crippen molar-refractivity contribution >= 4 is 40.6 Å². The smallest absolute Gasteiger partial charge is 0.277 e. The first-order chi connectivity index (χ1) is 15.0. The molecule has 0 saturated carbocycles. The molecule has 2 heterocycles. The minimum absolute atomic E-state index is 0.232. The van der Waals surface area contributed by atoms with Gasteiger partial charge in [-0.05, 0) is 24.1 Å². The van der Waals surface area contributed by atoms with E-state index in [9.17, 15) is 9.59 Å². The summed E-state index contributed by atoms with van der Waals surface area (Å²) < 4.78 is 0. The molecule has 0 unspecified atom stereocenters. The Hall–Kier alpha value is -2.34. The van der Waals surface area contributed by atoms with Crippen LogP contribution in [0.15, 0.2) is 54.2 Å². The van der Waals surface area contributed by atoms with Gasteiger partial charge in [-0.3, -0.25) is 19.4 Å². The van der Waals surface area contributed by atoms with Crippen LogP contribution < -0.4 is 0 Å². The molecule has 1 saturated heterocycles. The van der Waals surface area contributed by atoms with E-state index in [-0.39, 0.29) is 11.8 Å². The van der Waals surface area contributed by atoms with Gasteiger partial charge >= 0.3 is 0 Å². The molecule has 5 nitrogen and oxygen atoms in total. The molecule has 0 aliphatic carbocycles. The van der Waals surface area contributed by atoms with Crippen LogP contribution in [0.3, 0.4) is 0 Å². The second-order valence-corrected chi connectivity index (χ2v) is 8.70. The van der Waals surface area contributed by atoms with Gasteiger partial charge in [0.1, 0.15) is 5.70 Å². The third-order valence-electron chi connectivity index (χ3n) is 5.73. The molecule has 0 N–H and O–H groups in total. The molecule has 2 amide bonds. The summed E-state index contributed by atoms with van der Waals surface area (Å²) in [4.78, 5) is 32.2. The van der Waals surface area contributed by atoms with Crippen molar-refractivity contribution in [1.29, 1.82) is 0 Å². The molecule has 1 fully saturated rings. The largest absolute Gasteiger partial charge is 0.364 e. The average Bonchev–Trinajstić information content (AvgIpc) is 3.00. The number of rotatable bonds is 6. The van der Waals surface area contributed by atoms with Gasteiger partial charge in [0.15, 0.2) is 0 Å². The predicted molar refractivity (Wildman–Crippen MR) is 124 cm³/mol. The van der Waals surface area contributed by atoms with Crippen molar-refractivity contribution in [2.45, 2.75) is 19.9 Å². The lowest BCUT2D eigenvalue weighted by atomic mass is 10.0. The second-order valence-electron chi connectivity index (χ2n) is 7.86. The molecule has 7 heteroatoms. The van der Waals surface area contributed by atoms with Gasteiger partial charge in [-0.25, -0.2) is 0 Å². The highest BCUT2D eigenvalue weighted by molar-refractivity contribution is 6.41. The topological polar surface area (TPSA) is 43.9 Å². The van der Waals surface area contributed by atoms with Crippen LogP contribution in [0.5, 0.6) is 0 Å². The lowest BCUT2D eigenvalue weighted by molar-refractivity contribution is -0.137. The minimum atomic E-state index is -0.280. The minimum Gasteiger partial charge on any atom is -0.364 e. The number of imide groups is 1. The molecule has 0 atom stereocenters. The fourth-order valence-electron chi connectivity index (χ4n) is 4.19. The quantitative estimate of drug-likeness (QED) is 0.606. The number of halogens is 2. The van der Waals surface area contributed by atoms with Crippen LogP contribution in [0.25, 0.3) is 5.57 Å². The maximum atomic E-state index is 13.3. The third kappa shape index (κ3) is 4.49. The standard InChI is InChI=1S/C24H25Cl2N3O2/c1-2-10-29-23(30)21(19-9-8-18(25)15-20(19)26)22(24(29)31)28-13-11-27(12-14-28)16-17-6-4-3-5-7-17/h3-9,15H,2,10-14,16H2,1H3. The Labute approximate surface area is 192 Å². The second kappa shape index (κ2) is 9.43. The molecular weight excluding hydrogens is 433 g/mol. The number of hydrogen-bond acceptors (Lipinski definition) is 4. The molecule has 4 rings (SSSR count). The molecule has 2 aromatic rings. The summed E-state index contributed by atoms with van der Waals surface area (Å²) in [5.41, 5.74) is 2.67. The normalized spacial score (nSPS) is 17.8. The van der Waals surface area contributed by atoms with Crippen molar-refractivity contribution in [1.82, 2.24) is 14.7 Å². The van der Waals surface area contributed by atoms with Crippen LogP contribution in [0.4, 0.5) is 0 Å². The first-order valence-electron chi connectivity index (χ1n) is 10.6. The first kappa shape index (κ1) is 21.9. The van der Waals surface area contributed by atoms with Crippen molar-refractivity contribution in [3.05, 3.63) is 75.4 Å². The van der Waals surface area contributed by atoms with Crippen LogP contribution in [0.1, 0.15) is 24.5 Å². The van der Waals surface area contributed by atoms with E-state index < -0.39 is 0 Å². The Morgan fingerprint density at radius 3 is 2.26 bits per heavy atom. The van der Waals surface area contributed by atoms with Crippen molar-refractivity contribution < 1.29 is 9.59 Å². The summed E-state index contributed by atoms with van der Waals surface area (Å²) >= 11 is 12.5. The Morgan fingerprint density at radius 1 is 0.903 bits per heavy atom. The van der Waals surface area contributed by atoms with Crippen LogP contribution in [0.2, 0.25) is 10.0 Å². The molecule has 0 bridgehead atoms. The zero-order valence-corrected chi connectivity index (χ0v) is 19.0. The maximum absolute atomic E-state index is 13.3. The Bertz CT molecular complexity index is 1010. The monoisotopic (exact) mass is 457 g/mol. The number of piperazine rings is 1. The van der Waals surface area contributed by atoms with E-state index >= 15 is 0 Å². The van der Waals surface area contributed by atoms with Gasteiger partial charge in [0.25, 0.3) is 11.8 Å². The number of amides is 2. The Balaban J connectivity index is 1.61. The molecule has 0 spiro atoms. The van der Waals surface area contributed by atoms with Crippen LogP contribution >= 0.6 is 23.2 Å². The van der Waals surface area contributed by atoms with E-state index in [0.29, 0.717) is 52.9 Å². The molecule has 162 valence electrons. The highest BCUT2D eigenvalue weighted by atomic mass is 35.5. The van der Waals surface area contributed by atoms with Gasteiger partial charge in [0.05, 0.1) is 10.6 Å². The van der Waals surface area contributed by atoms with Gasteiger partial charge in [0.2, 0.25) is 0 Å². The van der Waals surface area contributed by atoms with Crippen molar-refractivity contribution in [2.75, 3.05) is 32.7 Å². The SMILES string of the molecule is CCCN1C(=O)C(c2ccc(Cl)cc2Cl)=C(N2CCN(Cc3ccccc3)CC2)C1=O. The highest BCUT2D eigenvalue weighted by Gasteiger charge is 2.42. The summed E-state index contributed by atoms with van der Waals surface area (Å²) in [5.74, 6) is -0.512. The number of carbonyl (C=O) groups excluding carboxylic acids is 2. The Morgan fingerprint density at radius 2 is 1.61 bits per heavy atom. The van der Waals surface area contributed by atoms with Crippen molar-refractivity contribution in [3.63, 3.8) is 0 Å². The molecular formula is C24H25Cl2N3O2. The van der Waals surface area contributed by atoms with Crippen LogP contribution in [-0.4, -0.2) is 59.2 Å². The van der Waals surface area contributed by atoms with Gasteiger partial charge < -0.3 is 4.90 Å². The number of benzene rings is 2. The average molecular weight is 458 g/mol. The number of hydrogen-bond donors (Lipinski definition) is 0. The molecule has 2 aliphatic heterocycles. The van der Waals surface area contributed by atoms with E-state index in [4.69, 9.17) is 23.2 Å². The summed E-state index contributed by atoms with van der Waals surface area (Å²) in [5, 5.41) is 0.870. The third-order valence-corrected chi connectivity index (χ3v) is 6.28. The Kier molecular flexibility index (Phi) is 6.65. The van der Waals surface area contributed by atoms with E-state index in [2.05, 4.69) is 17.0 Å². The fraction of sp³-hybridized carbons (Fsp3) is 0.333. The lowest BCUT2D eigenvalue weighted by Gasteiger charge is -2.36. The van der Waals surface area contributed by atoms with E-state index in [1.807, 2.05) is 30.0 Å². The molecule has 31 heavy (non-hydrogen) atoms. The summed E-state index contributed by atoms with van der Waals surface area (Å²) in [7, 11) is 0. The van der Waals surface area contributed by atoms with Crippen LogP contribution in [0, 0.1) is 0 Å². The zero-order chi connectivity index (χ0) is 22.0. The van der Waals surface area contributed by atoms with E-state index in [0.717, 1.165) is 19.6 Å². The van der Waals surface area contributed by atoms with E-state index in [1.54, 1.807) is 18.2 Å². The summed E-state index contributed by atoms with van der Waals surface area (Å²) in [6.45, 7) is 6.20. The van der Waals surface area contributed by atoms with Gasteiger partial charge in [-0.2, -0.15) is 0 Å². The van der Waals surface area contributed by atoms with E-state index in [1.165, 1.54) is 10.5 Å². The van der Waals surface area contributed by atoms with Gasteiger partial charge in [-0.1, -0.05) is 66.5 Å². The predicted octanol–water partition coefficient (Wildman–Crippen LogP) is 4.30.